The highest BCUT2D eigenvalue weighted by atomic mass is 32.2. The van der Waals surface area contributed by atoms with Crippen molar-refractivity contribution in [1.82, 2.24) is 9.97 Å². The third-order valence-corrected chi connectivity index (χ3v) is 7.08. The van der Waals surface area contributed by atoms with Crippen LogP contribution in [0.2, 0.25) is 0 Å². The first kappa shape index (κ1) is 24.7. The molecule has 0 aliphatic rings. The topological polar surface area (TPSA) is 62.8 Å². The highest BCUT2D eigenvalue weighted by molar-refractivity contribution is 7.99. The number of H-pyrrole nitrogens is 1. The fourth-order valence-electron chi connectivity index (χ4n) is 2.95. The molecule has 0 saturated heterocycles. The highest BCUT2D eigenvalue weighted by Gasteiger charge is 2.26. The van der Waals surface area contributed by atoms with Crippen LogP contribution in [0.4, 0.5) is 0 Å². The predicted molar refractivity (Wildman–Crippen MR) is 132 cm³/mol. The standard InChI is InChI=1S/C14H12N2O2S2.C9H12.C2H6/c1-19-14-13(10-6-2-3-7-11(10)16-14)20(17,18)12-8-4-5-9-15-12;1-8(2)9-6-4-3-5-7-9;1-2/h2-9,16H,1H3;3-8H,1-2H3;1-2H3. The second kappa shape index (κ2) is 11.7. The molecule has 2 aromatic carbocycles. The lowest BCUT2D eigenvalue weighted by molar-refractivity contribution is 0.591. The third kappa shape index (κ3) is 5.99. The van der Waals surface area contributed by atoms with Crippen LogP contribution in [0.25, 0.3) is 10.9 Å². The molecular formula is C25H30N2O2S2. The number of hydrogen-bond acceptors (Lipinski definition) is 4. The summed E-state index contributed by atoms with van der Waals surface area (Å²) < 4.78 is 25.6. The van der Waals surface area contributed by atoms with Gasteiger partial charge >= 0.3 is 0 Å². The molecule has 164 valence electrons. The Morgan fingerprint density at radius 3 is 2.03 bits per heavy atom. The Kier molecular flexibility index (Phi) is 9.34. The van der Waals surface area contributed by atoms with Gasteiger partial charge in [0.25, 0.3) is 0 Å². The fraction of sp³-hybridized carbons (Fsp3) is 0.240. The third-order valence-electron chi connectivity index (χ3n) is 4.48. The number of benzene rings is 2. The number of pyridine rings is 1. The number of nitrogens with zero attached hydrogens (tertiary/aromatic N) is 1. The molecule has 1 N–H and O–H groups in total. The normalized spacial score (nSPS) is 10.8. The summed E-state index contributed by atoms with van der Waals surface area (Å²) in [4.78, 5) is 7.43. The molecule has 0 fully saturated rings. The number of thioether (sulfide) groups is 1. The van der Waals surface area contributed by atoms with Crippen LogP contribution in [0.5, 0.6) is 0 Å². The van der Waals surface area contributed by atoms with Gasteiger partial charge in [0.2, 0.25) is 9.84 Å². The number of sulfone groups is 1. The van der Waals surface area contributed by atoms with Crippen molar-refractivity contribution in [1.29, 1.82) is 0 Å². The second-order valence-corrected chi connectivity index (χ2v) is 9.42. The summed E-state index contributed by atoms with van der Waals surface area (Å²) in [6, 6.07) is 22.8. The Morgan fingerprint density at radius 2 is 1.48 bits per heavy atom. The summed E-state index contributed by atoms with van der Waals surface area (Å²) in [5, 5.41) is 1.40. The van der Waals surface area contributed by atoms with Gasteiger partial charge in [0.1, 0.15) is 4.90 Å². The molecule has 31 heavy (non-hydrogen) atoms. The molecule has 0 amide bonds. The maximum absolute atomic E-state index is 12.8. The van der Waals surface area contributed by atoms with Crippen molar-refractivity contribution in [2.45, 2.75) is 48.6 Å². The van der Waals surface area contributed by atoms with Gasteiger partial charge in [-0.05, 0) is 35.9 Å². The average Bonchev–Trinajstić information content (AvgIpc) is 3.21. The Balaban J connectivity index is 0.000000261. The van der Waals surface area contributed by atoms with Crippen LogP contribution in [-0.2, 0) is 9.84 Å². The van der Waals surface area contributed by atoms with Crippen LogP contribution >= 0.6 is 11.8 Å². The van der Waals surface area contributed by atoms with Crippen molar-refractivity contribution in [3.05, 3.63) is 84.6 Å². The Hall–Kier alpha value is -2.57. The van der Waals surface area contributed by atoms with Gasteiger partial charge in [-0.1, -0.05) is 82.3 Å². The van der Waals surface area contributed by atoms with Gasteiger partial charge in [0.05, 0.1) is 5.03 Å². The minimum Gasteiger partial charge on any atom is -0.349 e. The van der Waals surface area contributed by atoms with Gasteiger partial charge in [-0.3, -0.25) is 0 Å². The van der Waals surface area contributed by atoms with E-state index in [1.54, 1.807) is 18.2 Å². The number of nitrogens with one attached hydrogen (secondary N) is 1. The van der Waals surface area contributed by atoms with E-state index in [4.69, 9.17) is 0 Å². The van der Waals surface area contributed by atoms with E-state index in [0.29, 0.717) is 21.2 Å². The van der Waals surface area contributed by atoms with E-state index >= 15 is 0 Å². The summed E-state index contributed by atoms with van der Waals surface area (Å²) in [6.07, 6.45) is 3.34. The number of rotatable bonds is 4. The van der Waals surface area contributed by atoms with Crippen molar-refractivity contribution < 1.29 is 8.42 Å². The average molecular weight is 455 g/mol. The number of para-hydroxylation sites is 1. The zero-order chi connectivity index (χ0) is 22.9. The Morgan fingerprint density at radius 1 is 0.871 bits per heavy atom. The van der Waals surface area contributed by atoms with E-state index in [9.17, 15) is 8.42 Å². The van der Waals surface area contributed by atoms with Crippen molar-refractivity contribution in [2.75, 3.05) is 6.26 Å². The van der Waals surface area contributed by atoms with Crippen LogP contribution in [-0.4, -0.2) is 24.6 Å². The molecule has 0 aliphatic carbocycles. The van der Waals surface area contributed by atoms with Gasteiger partial charge in [0.15, 0.2) is 5.03 Å². The molecule has 0 radical (unpaired) electrons. The maximum atomic E-state index is 12.8. The molecule has 0 bridgehead atoms. The molecular weight excluding hydrogens is 424 g/mol. The zero-order valence-electron chi connectivity index (χ0n) is 18.7. The first-order valence-electron chi connectivity index (χ1n) is 10.3. The fourth-order valence-corrected chi connectivity index (χ4v) is 5.47. The molecule has 0 saturated carbocycles. The van der Waals surface area contributed by atoms with Crippen LogP contribution in [0.1, 0.15) is 39.2 Å². The summed E-state index contributed by atoms with van der Waals surface area (Å²) in [5.41, 5.74) is 2.23. The maximum Gasteiger partial charge on any atom is 0.227 e. The summed E-state index contributed by atoms with van der Waals surface area (Å²) in [5.74, 6) is 0.659. The largest absolute Gasteiger partial charge is 0.349 e. The lowest BCUT2D eigenvalue weighted by atomic mass is 10.0. The van der Waals surface area contributed by atoms with Gasteiger partial charge in [-0.2, -0.15) is 0 Å². The first-order valence-corrected chi connectivity index (χ1v) is 13.0. The van der Waals surface area contributed by atoms with E-state index in [2.05, 4.69) is 48.1 Å². The Labute approximate surface area is 190 Å². The molecule has 4 nitrogen and oxygen atoms in total. The van der Waals surface area contributed by atoms with E-state index < -0.39 is 9.84 Å². The quantitative estimate of drug-likeness (QED) is 0.339. The molecule has 6 heteroatoms. The van der Waals surface area contributed by atoms with E-state index in [-0.39, 0.29) is 5.03 Å². The van der Waals surface area contributed by atoms with Gasteiger partial charge in [-0.25, -0.2) is 13.4 Å². The van der Waals surface area contributed by atoms with Crippen LogP contribution in [0.15, 0.2) is 93.9 Å². The smallest absolute Gasteiger partial charge is 0.227 e. The molecule has 2 aromatic heterocycles. The van der Waals surface area contributed by atoms with Crippen LogP contribution in [0.3, 0.4) is 0 Å². The molecule has 4 rings (SSSR count). The predicted octanol–water partition coefficient (Wildman–Crippen LogP) is 6.95. The molecule has 4 aromatic rings. The van der Waals surface area contributed by atoms with Gasteiger partial charge in [-0.15, -0.1) is 11.8 Å². The SMILES string of the molecule is CC.CC(C)c1ccccc1.CSc1[nH]c2ccccc2c1S(=O)(=O)c1ccccn1. The number of aromatic nitrogens is 2. The number of hydrogen-bond donors (Lipinski definition) is 1. The summed E-state index contributed by atoms with van der Waals surface area (Å²) >= 11 is 1.38. The minimum absolute atomic E-state index is 0.0695. The second-order valence-electron chi connectivity index (χ2n) is 6.77. The number of fused-ring (bicyclic) bond motifs is 1. The molecule has 2 heterocycles. The summed E-state index contributed by atoms with van der Waals surface area (Å²) in [6.45, 7) is 8.41. The molecule has 0 unspecified atom stereocenters. The van der Waals surface area contributed by atoms with Gasteiger partial charge in [0, 0.05) is 17.1 Å². The lowest BCUT2D eigenvalue weighted by Crippen LogP contribution is -2.04. The Bertz CT molecular complexity index is 1170. The monoisotopic (exact) mass is 454 g/mol. The highest BCUT2D eigenvalue weighted by Crippen LogP contribution is 2.35. The van der Waals surface area contributed by atoms with Crippen molar-refractivity contribution in [3.8, 4) is 0 Å². The molecule has 0 spiro atoms. The molecule has 0 atom stereocenters. The van der Waals surface area contributed by atoms with E-state index in [0.717, 1.165) is 5.52 Å². The first-order chi connectivity index (χ1) is 14.9. The van der Waals surface area contributed by atoms with Crippen LogP contribution < -0.4 is 0 Å². The minimum atomic E-state index is -3.63. The van der Waals surface area contributed by atoms with E-state index in [1.807, 2.05) is 44.4 Å². The lowest BCUT2D eigenvalue weighted by Gasteiger charge is -2.04. The molecule has 0 aliphatic heterocycles. The van der Waals surface area contributed by atoms with E-state index in [1.165, 1.54) is 29.6 Å². The summed E-state index contributed by atoms with van der Waals surface area (Å²) in [7, 11) is -3.63. The van der Waals surface area contributed by atoms with Gasteiger partial charge < -0.3 is 4.98 Å². The zero-order valence-corrected chi connectivity index (χ0v) is 20.3. The van der Waals surface area contributed by atoms with Crippen LogP contribution in [0, 0.1) is 0 Å². The van der Waals surface area contributed by atoms with Crippen molar-refractivity contribution in [3.63, 3.8) is 0 Å². The van der Waals surface area contributed by atoms with Crippen molar-refractivity contribution >= 4 is 32.5 Å². The number of aromatic amines is 1. The van der Waals surface area contributed by atoms with Crippen molar-refractivity contribution in [2.24, 2.45) is 0 Å².